The molecular formula is C11H14ClN3O2. The number of hydrogen-bond donors (Lipinski definition) is 1. The monoisotopic (exact) mass is 255 g/mol. The van der Waals surface area contributed by atoms with Crippen LogP contribution in [-0.4, -0.2) is 35.0 Å². The lowest BCUT2D eigenvalue weighted by atomic mass is 9.89. The molecule has 5 nitrogen and oxygen atoms in total. The quantitative estimate of drug-likeness (QED) is 0.643. The maximum absolute atomic E-state index is 10.9. The molecule has 1 heterocycles. The van der Waals surface area contributed by atoms with Crippen LogP contribution < -0.4 is 5.32 Å². The Hall–Kier alpha value is -1.20. The summed E-state index contributed by atoms with van der Waals surface area (Å²) < 4.78 is 5.46. The fourth-order valence-corrected chi connectivity index (χ4v) is 2.02. The van der Waals surface area contributed by atoms with Crippen LogP contribution in [-0.2, 0) is 4.74 Å². The highest BCUT2D eigenvalue weighted by molar-refractivity contribution is 6.32. The Morgan fingerprint density at radius 1 is 1.59 bits per heavy atom. The molecule has 0 unspecified atom stereocenters. The van der Waals surface area contributed by atoms with Crippen molar-refractivity contribution in [2.24, 2.45) is 0 Å². The van der Waals surface area contributed by atoms with Gasteiger partial charge in [0.15, 0.2) is 6.29 Å². The number of hydrogen-bond acceptors (Lipinski definition) is 5. The van der Waals surface area contributed by atoms with Crippen LogP contribution >= 0.6 is 11.6 Å². The van der Waals surface area contributed by atoms with Gasteiger partial charge in [-0.15, -0.1) is 0 Å². The van der Waals surface area contributed by atoms with Crippen LogP contribution in [0.2, 0.25) is 5.15 Å². The smallest absolute Gasteiger partial charge is 0.156 e. The van der Waals surface area contributed by atoms with Crippen molar-refractivity contribution in [1.82, 2.24) is 9.97 Å². The highest BCUT2D eigenvalue weighted by Gasteiger charge is 2.30. The predicted molar refractivity (Wildman–Crippen MR) is 64.5 cm³/mol. The summed E-state index contributed by atoms with van der Waals surface area (Å²) in [6.45, 7) is 2.71. The summed E-state index contributed by atoms with van der Waals surface area (Å²) >= 11 is 5.81. The summed E-state index contributed by atoms with van der Waals surface area (Å²) in [5, 5.41) is 3.36. The molecule has 0 aromatic carbocycles. The maximum atomic E-state index is 10.9. The van der Waals surface area contributed by atoms with E-state index in [-0.39, 0.29) is 11.2 Å². The maximum Gasteiger partial charge on any atom is 0.156 e. The third-order valence-electron chi connectivity index (χ3n) is 2.79. The number of rotatable bonds is 5. The minimum Gasteiger partial charge on any atom is -0.378 e. The third-order valence-corrected chi connectivity index (χ3v) is 3.09. The standard InChI is InChI=1S/C11H14ClN3O2/c1-2-17-8-3-7(4-8)15-11-9(5-16)10(12)13-6-14-11/h5-8H,2-4H2,1H3,(H,13,14,15). The number of anilines is 1. The molecule has 0 atom stereocenters. The second-order valence-corrected chi connectivity index (χ2v) is 4.29. The minimum atomic E-state index is 0.179. The first kappa shape index (κ1) is 12.3. The summed E-state index contributed by atoms with van der Waals surface area (Å²) in [5.41, 5.74) is 0.314. The molecule has 1 N–H and O–H groups in total. The van der Waals surface area contributed by atoms with Crippen LogP contribution in [0.4, 0.5) is 5.82 Å². The van der Waals surface area contributed by atoms with Gasteiger partial charge in [0.2, 0.25) is 0 Å². The molecule has 0 bridgehead atoms. The number of carbonyl (C=O) groups is 1. The second-order valence-electron chi connectivity index (χ2n) is 3.93. The molecular weight excluding hydrogens is 242 g/mol. The van der Waals surface area contributed by atoms with Crippen molar-refractivity contribution >= 4 is 23.7 Å². The summed E-state index contributed by atoms with van der Waals surface area (Å²) in [7, 11) is 0. The molecule has 6 heteroatoms. The average molecular weight is 256 g/mol. The van der Waals surface area contributed by atoms with Gasteiger partial charge in [-0.2, -0.15) is 0 Å². The van der Waals surface area contributed by atoms with Gasteiger partial charge in [-0.05, 0) is 19.8 Å². The normalized spacial score (nSPS) is 22.9. The molecule has 0 aliphatic heterocycles. The van der Waals surface area contributed by atoms with Gasteiger partial charge in [0, 0.05) is 12.6 Å². The molecule has 0 amide bonds. The van der Waals surface area contributed by atoms with Crippen molar-refractivity contribution in [3.63, 3.8) is 0 Å². The number of aldehydes is 1. The molecule has 1 saturated carbocycles. The molecule has 1 aromatic heterocycles. The highest BCUT2D eigenvalue weighted by atomic mass is 35.5. The highest BCUT2D eigenvalue weighted by Crippen LogP contribution is 2.28. The Balaban J connectivity index is 1.96. The van der Waals surface area contributed by atoms with E-state index in [4.69, 9.17) is 16.3 Å². The minimum absolute atomic E-state index is 0.179. The molecule has 1 aliphatic carbocycles. The Bertz CT molecular complexity index is 408. The first-order chi connectivity index (χ1) is 8.24. The Morgan fingerprint density at radius 3 is 3.00 bits per heavy atom. The molecule has 0 radical (unpaired) electrons. The second kappa shape index (κ2) is 5.42. The van der Waals surface area contributed by atoms with Crippen LogP contribution in [0.15, 0.2) is 6.33 Å². The van der Waals surface area contributed by atoms with Crippen LogP contribution in [0.25, 0.3) is 0 Å². The summed E-state index contributed by atoms with van der Waals surface area (Å²) in [6.07, 6.45) is 4.18. The molecule has 1 aliphatic rings. The van der Waals surface area contributed by atoms with Crippen molar-refractivity contribution in [2.45, 2.75) is 31.9 Å². The lowest BCUT2D eigenvalue weighted by Gasteiger charge is -2.35. The Labute approximate surface area is 105 Å². The van der Waals surface area contributed by atoms with Gasteiger partial charge >= 0.3 is 0 Å². The molecule has 2 rings (SSSR count). The van der Waals surface area contributed by atoms with Crippen molar-refractivity contribution < 1.29 is 9.53 Å². The van der Waals surface area contributed by atoms with E-state index >= 15 is 0 Å². The van der Waals surface area contributed by atoms with Crippen LogP contribution in [0.5, 0.6) is 0 Å². The molecule has 92 valence electrons. The number of nitrogens with zero attached hydrogens (tertiary/aromatic N) is 2. The largest absolute Gasteiger partial charge is 0.378 e. The third kappa shape index (κ3) is 2.73. The SMILES string of the molecule is CCOC1CC(Nc2ncnc(Cl)c2C=O)C1. The van der Waals surface area contributed by atoms with E-state index < -0.39 is 0 Å². The topological polar surface area (TPSA) is 64.1 Å². The lowest BCUT2D eigenvalue weighted by Crippen LogP contribution is -2.41. The molecule has 17 heavy (non-hydrogen) atoms. The zero-order valence-electron chi connectivity index (χ0n) is 9.52. The van der Waals surface area contributed by atoms with E-state index in [1.165, 1.54) is 6.33 Å². The van der Waals surface area contributed by atoms with E-state index in [0.29, 0.717) is 23.8 Å². The van der Waals surface area contributed by atoms with Gasteiger partial charge in [-0.25, -0.2) is 9.97 Å². The van der Waals surface area contributed by atoms with Gasteiger partial charge in [0.05, 0.1) is 11.7 Å². The van der Waals surface area contributed by atoms with E-state index in [1.54, 1.807) is 0 Å². The molecule has 1 fully saturated rings. The Kier molecular flexibility index (Phi) is 3.91. The van der Waals surface area contributed by atoms with E-state index in [1.807, 2.05) is 6.92 Å². The fraction of sp³-hybridized carbons (Fsp3) is 0.545. The number of nitrogens with one attached hydrogen (secondary N) is 1. The number of aromatic nitrogens is 2. The van der Waals surface area contributed by atoms with Crippen LogP contribution in [0.3, 0.4) is 0 Å². The first-order valence-electron chi connectivity index (χ1n) is 5.58. The van der Waals surface area contributed by atoms with Crippen molar-refractivity contribution in [3.05, 3.63) is 17.0 Å². The number of carbonyl (C=O) groups excluding carboxylic acids is 1. The fourth-order valence-electron chi connectivity index (χ4n) is 1.84. The van der Waals surface area contributed by atoms with Gasteiger partial charge in [0.1, 0.15) is 17.3 Å². The zero-order valence-corrected chi connectivity index (χ0v) is 10.3. The van der Waals surface area contributed by atoms with Gasteiger partial charge < -0.3 is 10.1 Å². The van der Waals surface area contributed by atoms with Crippen molar-refractivity contribution in [2.75, 3.05) is 11.9 Å². The van der Waals surface area contributed by atoms with Crippen LogP contribution in [0, 0.1) is 0 Å². The summed E-state index contributed by atoms with van der Waals surface area (Å²) in [5.74, 6) is 0.500. The first-order valence-corrected chi connectivity index (χ1v) is 5.96. The van der Waals surface area contributed by atoms with Gasteiger partial charge in [0.25, 0.3) is 0 Å². The van der Waals surface area contributed by atoms with E-state index in [2.05, 4.69) is 15.3 Å². The summed E-state index contributed by atoms with van der Waals surface area (Å²) in [6, 6.07) is 0.288. The lowest BCUT2D eigenvalue weighted by molar-refractivity contribution is 0.00292. The van der Waals surface area contributed by atoms with E-state index in [9.17, 15) is 4.79 Å². The average Bonchev–Trinajstić information content (AvgIpc) is 2.26. The van der Waals surface area contributed by atoms with Gasteiger partial charge in [-0.1, -0.05) is 11.6 Å². The van der Waals surface area contributed by atoms with E-state index in [0.717, 1.165) is 19.4 Å². The van der Waals surface area contributed by atoms with Crippen molar-refractivity contribution in [1.29, 1.82) is 0 Å². The predicted octanol–water partition coefficient (Wildman–Crippen LogP) is 1.92. The zero-order chi connectivity index (χ0) is 12.3. The van der Waals surface area contributed by atoms with Gasteiger partial charge in [-0.3, -0.25) is 4.79 Å². The molecule has 0 saturated heterocycles. The van der Waals surface area contributed by atoms with Crippen molar-refractivity contribution in [3.8, 4) is 0 Å². The Morgan fingerprint density at radius 2 is 2.35 bits per heavy atom. The number of ether oxygens (including phenoxy) is 1. The number of halogens is 1. The molecule has 1 aromatic rings. The summed E-state index contributed by atoms with van der Waals surface area (Å²) in [4.78, 5) is 18.7. The molecule has 0 spiro atoms. The van der Waals surface area contributed by atoms with Crippen LogP contribution in [0.1, 0.15) is 30.1 Å².